The van der Waals surface area contributed by atoms with Gasteiger partial charge in [-0.2, -0.15) is 0 Å². The minimum atomic E-state index is -0.0748. The molecule has 1 aliphatic rings. The van der Waals surface area contributed by atoms with Crippen molar-refractivity contribution in [2.24, 2.45) is 0 Å². The highest BCUT2D eigenvalue weighted by Gasteiger charge is 2.14. The Kier molecular flexibility index (Phi) is 4.53. The normalized spacial score (nSPS) is 16.2. The molecule has 0 N–H and O–H groups in total. The lowest BCUT2D eigenvalue weighted by atomic mass is 10.1. The number of hydrogen-bond acceptors (Lipinski definition) is 2. The molecule has 1 aromatic rings. The molecule has 1 aliphatic heterocycles. The first-order valence-corrected chi connectivity index (χ1v) is 6.51. The van der Waals surface area contributed by atoms with Gasteiger partial charge in [-0.3, -0.25) is 9.63 Å². The second-order valence-electron chi connectivity index (χ2n) is 4.41. The van der Waals surface area contributed by atoms with E-state index in [1.807, 2.05) is 18.2 Å². The third-order valence-electron chi connectivity index (χ3n) is 3.05. The molecule has 1 fully saturated rings. The number of benzene rings is 1. The van der Waals surface area contributed by atoms with Crippen LogP contribution in [0.4, 0.5) is 0 Å². The second kappa shape index (κ2) is 6.36. The maximum Gasteiger partial charge on any atom is 0.270 e. The molecule has 0 bridgehead atoms. The van der Waals surface area contributed by atoms with Crippen molar-refractivity contribution in [3.63, 3.8) is 0 Å². The number of carbonyl (C=O) groups is 1. The first-order chi connectivity index (χ1) is 8.79. The Balaban J connectivity index is 1.94. The Morgan fingerprint density at radius 3 is 2.72 bits per heavy atom. The van der Waals surface area contributed by atoms with Crippen LogP contribution in [0.2, 0.25) is 0 Å². The van der Waals surface area contributed by atoms with E-state index in [1.54, 1.807) is 6.08 Å². The molecule has 18 heavy (non-hydrogen) atoms. The van der Waals surface area contributed by atoms with Crippen molar-refractivity contribution in [1.29, 1.82) is 0 Å². The van der Waals surface area contributed by atoms with E-state index < -0.39 is 0 Å². The number of hydrogen-bond donors (Lipinski definition) is 0. The van der Waals surface area contributed by atoms with Crippen LogP contribution in [0.25, 0.3) is 6.08 Å². The van der Waals surface area contributed by atoms with Gasteiger partial charge in [0.1, 0.15) is 0 Å². The molecule has 0 atom stereocenters. The van der Waals surface area contributed by atoms with E-state index in [4.69, 9.17) is 4.84 Å². The van der Waals surface area contributed by atoms with Gasteiger partial charge in [-0.25, -0.2) is 5.06 Å². The maximum absolute atomic E-state index is 11.8. The van der Waals surface area contributed by atoms with Gasteiger partial charge in [-0.1, -0.05) is 31.2 Å². The Morgan fingerprint density at radius 1 is 1.33 bits per heavy atom. The zero-order chi connectivity index (χ0) is 12.8. The Bertz CT molecular complexity index is 417. The lowest BCUT2D eigenvalue weighted by Gasteiger charge is -2.24. The van der Waals surface area contributed by atoms with Gasteiger partial charge < -0.3 is 0 Å². The lowest BCUT2D eigenvalue weighted by Crippen LogP contribution is -2.34. The van der Waals surface area contributed by atoms with Crippen LogP contribution >= 0.6 is 0 Å². The van der Waals surface area contributed by atoms with Crippen molar-refractivity contribution in [2.45, 2.75) is 26.2 Å². The highest BCUT2D eigenvalue weighted by molar-refractivity contribution is 5.91. The monoisotopic (exact) mass is 245 g/mol. The summed E-state index contributed by atoms with van der Waals surface area (Å²) in [6.45, 7) is 3.46. The molecule has 0 aliphatic carbocycles. The Hall–Kier alpha value is -1.61. The molecule has 0 spiro atoms. The summed E-state index contributed by atoms with van der Waals surface area (Å²) in [6, 6.07) is 8.22. The molecule has 96 valence electrons. The molecule has 3 heteroatoms. The zero-order valence-electron chi connectivity index (χ0n) is 10.8. The van der Waals surface area contributed by atoms with Gasteiger partial charge in [0.2, 0.25) is 0 Å². The van der Waals surface area contributed by atoms with Gasteiger partial charge in [-0.05, 0) is 36.5 Å². The fourth-order valence-electron chi connectivity index (χ4n) is 1.89. The van der Waals surface area contributed by atoms with Gasteiger partial charge in [0.05, 0.1) is 6.61 Å². The highest BCUT2D eigenvalue weighted by atomic mass is 16.7. The van der Waals surface area contributed by atoms with Gasteiger partial charge in [0.25, 0.3) is 5.91 Å². The minimum Gasteiger partial charge on any atom is -0.271 e. The SMILES string of the molecule is CCc1ccc(/C=C/C(=O)N2CCCCO2)cc1. The van der Waals surface area contributed by atoms with Gasteiger partial charge >= 0.3 is 0 Å². The summed E-state index contributed by atoms with van der Waals surface area (Å²) in [5, 5.41) is 1.44. The van der Waals surface area contributed by atoms with Gasteiger partial charge in [0, 0.05) is 12.6 Å². The summed E-state index contributed by atoms with van der Waals surface area (Å²) in [5.74, 6) is -0.0748. The van der Waals surface area contributed by atoms with Gasteiger partial charge in [0.15, 0.2) is 0 Å². The van der Waals surface area contributed by atoms with Crippen LogP contribution < -0.4 is 0 Å². The molecule has 0 saturated carbocycles. The molecule has 2 rings (SSSR count). The fourth-order valence-corrected chi connectivity index (χ4v) is 1.89. The topological polar surface area (TPSA) is 29.5 Å². The first-order valence-electron chi connectivity index (χ1n) is 6.51. The van der Waals surface area contributed by atoms with Crippen LogP contribution in [0.5, 0.6) is 0 Å². The summed E-state index contributed by atoms with van der Waals surface area (Å²) in [5.41, 5.74) is 2.34. The van der Waals surface area contributed by atoms with E-state index in [0.29, 0.717) is 13.2 Å². The number of aryl methyl sites for hydroxylation is 1. The third-order valence-corrected chi connectivity index (χ3v) is 3.05. The molecule has 0 aromatic heterocycles. The predicted molar refractivity (Wildman–Crippen MR) is 71.8 cm³/mol. The van der Waals surface area contributed by atoms with E-state index in [9.17, 15) is 4.79 Å². The standard InChI is InChI=1S/C15H19NO2/c1-2-13-5-7-14(8-6-13)9-10-15(17)16-11-3-4-12-18-16/h5-10H,2-4,11-12H2,1H3/b10-9+. The largest absolute Gasteiger partial charge is 0.271 e. The smallest absolute Gasteiger partial charge is 0.270 e. The number of hydroxylamine groups is 2. The number of rotatable bonds is 3. The van der Waals surface area contributed by atoms with Crippen molar-refractivity contribution < 1.29 is 9.63 Å². The highest BCUT2D eigenvalue weighted by Crippen LogP contribution is 2.09. The van der Waals surface area contributed by atoms with Crippen LogP contribution in [0.3, 0.4) is 0 Å². The molecular weight excluding hydrogens is 226 g/mol. The number of carbonyl (C=O) groups excluding carboxylic acids is 1. The van der Waals surface area contributed by atoms with Crippen molar-refractivity contribution in [3.8, 4) is 0 Å². The van der Waals surface area contributed by atoms with Crippen molar-refractivity contribution in [2.75, 3.05) is 13.2 Å². The van der Waals surface area contributed by atoms with Gasteiger partial charge in [-0.15, -0.1) is 0 Å². The van der Waals surface area contributed by atoms with Crippen LogP contribution in [0.15, 0.2) is 30.3 Å². The van der Waals surface area contributed by atoms with E-state index in [-0.39, 0.29) is 5.91 Å². The summed E-state index contributed by atoms with van der Waals surface area (Å²) in [4.78, 5) is 17.1. The quantitative estimate of drug-likeness (QED) is 0.766. The number of amides is 1. The Labute approximate surface area is 108 Å². The molecule has 0 radical (unpaired) electrons. The van der Waals surface area contributed by atoms with Crippen LogP contribution in [0, 0.1) is 0 Å². The summed E-state index contributed by atoms with van der Waals surface area (Å²) < 4.78 is 0. The fraction of sp³-hybridized carbons (Fsp3) is 0.400. The first kappa shape index (κ1) is 12.8. The molecule has 1 saturated heterocycles. The summed E-state index contributed by atoms with van der Waals surface area (Å²) in [6.07, 6.45) is 6.49. The lowest BCUT2D eigenvalue weighted by molar-refractivity contribution is -0.191. The molecule has 0 unspecified atom stereocenters. The third kappa shape index (κ3) is 3.44. The average Bonchev–Trinajstić information content (AvgIpc) is 2.46. The van der Waals surface area contributed by atoms with E-state index in [0.717, 1.165) is 24.8 Å². The molecule has 3 nitrogen and oxygen atoms in total. The summed E-state index contributed by atoms with van der Waals surface area (Å²) >= 11 is 0. The van der Waals surface area contributed by atoms with Crippen LogP contribution in [0.1, 0.15) is 30.9 Å². The zero-order valence-corrected chi connectivity index (χ0v) is 10.8. The minimum absolute atomic E-state index is 0.0748. The van der Waals surface area contributed by atoms with Crippen LogP contribution in [-0.2, 0) is 16.1 Å². The van der Waals surface area contributed by atoms with E-state index >= 15 is 0 Å². The van der Waals surface area contributed by atoms with Crippen molar-refractivity contribution in [1.82, 2.24) is 5.06 Å². The second-order valence-corrected chi connectivity index (χ2v) is 4.41. The average molecular weight is 245 g/mol. The summed E-state index contributed by atoms with van der Waals surface area (Å²) in [7, 11) is 0. The van der Waals surface area contributed by atoms with Crippen molar-refractivity contribution in [3.05, 3.63) is 41.5 Å². The van der Waals surface area contributed by atoms with E-state index in [1.165, 1.54) is 10.6 Å². The Morgan fingerprint density at radius 2 is 2.11 bits per heavy atom. The van der Waals surface area contributed by atoms with Crippen molar-refractivity contribution >= 4 is 12.0 Å². The number of nitrogens with zero attached hydrogens (tertiary/aromatic N) is 1. The molecular formula is C15H19NO2. The molecule has 1 heterocycles. The van der Waals surface area contributed by atoms with E-state index in [2.05, 4.69) is 19.1 Å². The molecule has 1 aromatic carbocycles. The maximum atomic E-state index is 11.8. The predicted octanol–water partition coefficient (Wildman–Crippen LogP) is 2.82. The molecule has 1 amide bonds. The van der Waals surface area contributed by atoms with Crippen LogP contribution in [-0.4, -0.2) is 24.1 Å².